The minimum atomic E-state index is 0.193. The molecule has 3 nitrogen and oxygen atoms in total. The maximum Gasteiger partial charge on any atom is 0.220 e. The van der Waals surface area contributed by atoms with Crippen molar-refractivity contribution < 1.29 is 4.79 Å². The number of nitrogens with one attached hydrogen (secondary N) is 2. The van der Waals surface area contributed by atoms with Crippen LogP contribution in [0.1, 0.15) is 11.3 Å². The van der Waals surface area contributed by atoms with E-state index < -0.39 is 0 Å². The van der Waals surface area contributed by atoms with Gasteiger partial charge in [0.25, 0.3) is 0 Å². The van der Waals surface area contributed by atoms with Crippen LogP contribution in [0.25, 0.3) is 0 Å². The van der Waals surface area contributed by atoms with Gasteiger partial charge in [-0.05, 0) is 36.9 Å². The summed E-state index contributed by atoms with van der Waals surface area (Å²) in [5, 5.41) is 8.19. The van der Waals surface area contributed by atoms with Gasteiger partial charge in [-0.2, -0.15) is 0 Å². The molecule has 0 spiro atoms. The molecular formula is C11H16N2OS. The van der Waals surface area contributed by atoms with Crippen molar-refractivity contribution in [1.82, 2.24) is 10.6 Å². The zero-order chi connectivity index (χ0) is 10.5. The van der Waals surface area contributed by atoms with E-state index in [0.717, 1.165) is 26.1 Å². The molecule has 1 fully saturated rings. The molecule has 82 valence electrons. The van der Waals surface area contributed by atoms with Gasteiger partial charge in [0.1, 0.15) is 0 Å². The van der Waals surface area contributed by atoms with Gasteiger partial charge in [-0.15, -0.1) is 11.3 Å². The molecule has 1 aromatic rings. The fourth-order valence-corrected chi connectivity index (χ4v) is 2.32. The Morgan fingerprint density at radius 3 is 3.07 bits per heavy atom. The molecule has 0 aromatic carbocycles. The van der Waals surface area contributed by atoms with E-state index in [-0.39, 0.29) is 5.91 Å². The molecule has 4 heteroatoms. The van der Waals surface area contributed by atoms with Gasteiger partial charge >= 0.3 is 0 Å². The Morgan fingerprint density at radius 1 is 1.60 bits per heavy atom. The van der Waals surface area contributed by atoms with Crippen LogP contribution in [0.3, 0.4) is 0 Å². The maximum atomic E-state index is 11.4. The first-order chi connectivity index (χ1) is 7.34. The van der Waals surface area contributed by atoms with Crippen LogP contribution >= 0.6 is 11.3 Å². The molecular weight excluding hydrogens is 208 g/mol. The highest BCUT2D eigenvalue weighted by Gasteiger charge is 2.19. The van der Waals surface area contributed by atoms with Crippen LogP contribution in [0, 0.1) is 5.92 Å². The normalized spacial score (nSPS) is 16.0. The first-order valence-corrected chi connectivity index (χ1v) is 6.22. The Morgan fingerprint density at radius 2 is 2.47 bits per heavy atom. The zero-order valence-electron chi connectivity index (χ0n) is 8.66. The van der Waals surface area contributed by atoms with Gasteiger partial charge < -0.3 is 10.6 Å². The fourth-order valence-electron chi connectivity index (χ4n) is 1.61. The van der Waals surface area contributed by atoms with Crippen LogP contribution in [0.2, 0.25) is 0 Å². The van der Waals surface area contributed by atoms with Gasteiger partial charge in [0.15, 0.2) is 0 Å². The van der Waals surface area contributed by atoms with Crippen molar-refractivity contribution >= 4 is 17.2 Å². The summed E-state index contributed by atoms with van der Waals surface area (Å²) in [7, 11) is 0. The van der Waals surface area contributed by atoms with Crippen molar-refractivity contribution in [3.8, 4) is 0 Å². The van der Waals surface area contributed by atoms with Gasteiger partial charge in [-0.1, -0.05) is 6.07 Å². The number of carbonyl (C=O) groups excluding carboxylic acids is 1. The lowest BCUT2D eigenvalue weighted by molar-refractivity contribution is -0.122. The summed E-state index contributed by atoms with van der Waals surface area (Å²) >= 11 is 1.74. The van der Waals surface area contributed by atoms with Crippen molar-refractivity contribution in [3.05, 3.63) is 22.4 Å². The minimum Gasteiger partial charge on any atom is -0.356 e. The molecule has 0 unspecified atom stereocenters. The number of rotatable bonds is 5. The van der Waals surface area contributed by atoms with E-state index >= 15 is 0 Å². The van der Waals surface area contributed by atoms with Crippen LogP contribution in [-0.4, -0.2) is 25.5 Å². The summed E-state index contributed by atoms with van der Waals surface area (Å²) in [6.07, 6.45) is 1.63. The molecule has 0 radical (unpaired) electrons. The van der Waals surface area contributed by atoms with Gasteiger partial charge in [0.05, 0.1) is 0 Å². The van der Waals surface area contributed by atoms with E-state index in [2.05, 4.69) is 22.1 Å². The molecule has 1 aliphatic rings. The summed E-state index contributed by atoms with van der Waals surface area (Å²) in [6.45, 7) is 2.76. The molecule has 1 amide bonds. The Balaban J connectivity index is 1.58. The Labute approximate surface area is 93.9 Å². The average Bonchev–Trinajstić information content (AvgIpc) is 2.64. The highest BCUT2D eigenvalue weighted by molar-refractivity contribution is 7.09. The molecule has 1 aromatic heterocycles. The van der Waals surface area contributed by atoms with E-state index in [0.29, 0.717) is 12.3 Å². The number of hydrogen-bond donors (Lipinski definition) is 2. The van der Waals surface area contributed by atoms with Crippen LogP contribution in [-0.2, 0) is 11.2 Å². The van der Waals surface area contributed by atoms with E-state index in [4.69, 9.17) is 0 Å². The standard InChI is InChI=1S/C11H16N2OS/c14-11(6-9-7-12-8-9)13-4-3-10-2-1-5-15-10/h1-2,5,9,12H,3-4,6-8H2,(H,13,14). The first kappa shape index (κ1) is 10.6. The third-order valence-electron chi connectivity index (χ3n) is 2.61. The average molecular weight is 224 g/mol. The van der Waals surface area contributed by atoms with Crippen molar-refractivity contribution in [2.45, 2.75) is 12.8 Å². The molecule has 0 atom stereocenters. The van der Waals surface area contributed by atoms with Crippen molar-refractivity contribution in [1.29, 1.82) is 0 Å². The summed E-state index contributed by atoms with van der Waals surface area (Å²) in [6, 6.07) is 4.15. The van der Waals surface area contributed by atoms with Crippen LogP contribution in [0.15, 0.2) is 17.5 Å². The molecule has 0 bridgehead atoms. The number of carbonyl (C=O) groups is 1. The van der Waals surface area contributed by atoms with E-state index in [1.165, 1.54) is 4.88 Å². The zero-order valence-corrected chi connectivity index (χ0v) is 9.48. The fraction of sp³-hybridized carbons (Fsp3) is 0.545. The second kappa shape index (κ2) is 5.28. The van der Waals surface area contributed by atoms with Gasteiger partial charge in [-0.3, -0.25) is 4.79 Å². The smallest absolute Gasteiger partial charge is 0.220 e. The number of hydrogen-bond acceptors (Lipinski definition) is 3. The second-order valence-electron chi connectivity index (χ2n) is 3.91. The minimum absolute atomic E-state index is 0.193. The predicted octanol–water partition coefficient (Wildman–Crippen LogP) is 1.02. The maximum absolute atomic E-state index is 11.4. The van der Waals surface area contributed by atoms with Gasteiger partial charge in [0, 0.05) is 17.8 Å². The molecule has 1 saturated heterocycles. The van der Waals surface area contributed by atoms with E-state index in [9.17, 15) is 4.79 Å². The van der Waals surface area contributed by atoms with Crippen molar-refractivity contribution in [2.24, 2.45) is 5.92 Å². The van der Waals surface area contributed by atoms with Crippen LogP contribution in [0.4, 0.5) is 0 Å². The van der Waals surface area contributed by atoms with E-state index in [1.54, 1.807) is 11.3 Å². The molecule has 2 rings (SSSR count). The molecule has 1 aliphatic heterocycles. The SMILES string of the molecule is O=C(CC1CNC1)NCCc1cccs1. The number of thiophene rings is 1. The van der Waals surface area contributed by atoms with E-state index in [1.807, 2.05) is 6.07 Å². The summed E-state index contributed by atoms with van der Waals surface area (Å²) in [5.74, 6) is 0.754. The third kappa shape index (κ3) is 3.32. The Bertz CT molecular complexity index is 306. The molecule has 15 heavy (non-hydrogen) atoms. The lowest BCUT2D eigenvalue weighted by atomic mass is 9.99. The molecule has 0 aliphatic carbocycles. The summed E-state index contributed by atoms with van der Waals surface area (Å²) < 4.78 is 0. The van der Waals surface area contributed by atoms with Gasteiger partial charge in [0.2, 0.25) is 5.91 Å². The summed E-state index contributed by atoms with van der Waals surface area (Å²) in [4.78, 5) is 12.8. The monoisotopic (exact) mass is 224 g/mol. The Kier molecular flexibility index (Phi) is 3.75. The molecule has 0 saturated carbocycles. The third-order valence-corrected chi connectivity index (χ3v) is 3.55. The second-order valence-corrected chi connectivity index (χ2v) is 4.94. The topological polar surface area (TPSA) is 41.1 Å². The number of amides is 1. The van der Waals surface area contributed by atoms with Crippen LogP contribution < -0.4 is 10.6 Å². The highest BCUT2D eigenvalue weighted by atomic mass is 32.1. The van der Waals surface area contributed by atoms with Crippen molar-refractivity contribution in [3.63, 3.8) is 0 Å². The largest absolute Gasteiger partial charge is 0.356 e. The van der Waals surface area contributed by atoms with Crippen molar-refractivity contribution in [2.75, 3.05) is 19.6 Å². The molecule has 2 N–H and O–H groups in total. The Hall–Kier alpha value is -0.870. The highest BCUT2D eigenvalue weighted by Crippen LogP contribution is 2.09. The van der Waals surface area contributed by atoms with Gasteiger partial charge in [-0.25, -0.2) is 0 Å². The van der Waals surface area contributed by atoms with Crippen LogP contribution in [0.5, 0.6) is 0 Å². The summed E-state index contributed by atoms with van der Waals surface area (Å²) in [5.41, 5.74) is 0. The quantitative estimate of drug-likeness (QED) is 0.784. The lowest BCUT2D eigenvalue weighted by Gasteiger charge is -2.26. The predicted molar refractivity (Wildman–Crippen MR) is 62.0 cm³/mol. The lowest BCUT2D eigenvalue weighted by Crippen LogP contribution is -2.44. The molecule has 2 heterocycles. The first-order valence-electron chi connectivity index (χ1n) is 5.34.